The van der Waals surface area contributed by atoms with E-state index < -0.39 is 17.6 Å². The number of alkyl halides is 3. The van der Waals surface area contributed by atoms with E-state index >= 15 is 0 Å². The Kier molecular flexibility index (Phi) is 8.40. The van der Waals surface area contributed by atoms with Crippen molar-refractivity contribution in [2.24, 2.45) is 0 Å². The van der Waals surface area contributed by atoms with Crippen LogP contribution in [0, 0.1) is 13.8 Å². The number of para-hydroxylation sites is 1. The highest BCUT2D eigenvalue weighted by atomic mass is 35.5. The number of aryl methyl sites for hydroxylation is 2. The number of nitrogens with one attached hydrogen (secondary N) is 1. The zero-order chi connectivity index (χ0) is 26.6. The van der Waals surface area contributed by atoms with Crippen molar-refractivity contribution in [3.8, 4) is 5.69 Å². The van der Waals surface area contributed by atoms with E-state index in [4.69, 9.17) is 11.6 Å². The van der Waals surface area contributed by atoms with Crippen LogP contribution in [0.3, 0.4) is 0 Å². The van der Waals surface area contributed by atoms with Gasteiger partial charge in [0.15, 0.2) is 10.3 Å². The van der Waals surface area contributed by atoms with Gasteiger partial charge in [-0.3, -0.25) is 9.36 Å². The van der Waals surface area contributed by atoms with Gasteiger partial charge in [0, 0.05) is 17.1 Å². The number of hydrogen-bond acceptors (Lipinski definition) is 7. The Hall–Kier alpha value is -3.09. The van der Waals surface area contributed by atoms with E-state index in [9.17, 15) is 18.0 Å². The second-order valence-electron chi connectivity index (χ2n) is 7.82. The number of rotatable bonds is 8. The van der Waals surface area contributed by atoms with Crippen molar-refractivity contribution in [1.29, 1.82) is 0 Å². The first kappa shape index (κ1) is 27.0. The Bertz CT molecular complexity index is 1400. The third kappa shape index (κ3) is 7.02. The van der Waals surface area contributed by atoms with Crippen LogP contribution in [0.25, 0.3) is 5.69 Å². The molecule has 2 aromatic heterocycles. The molecule has 0 fully saturated rings. The molecule has 0 aliphatic heterocycles. The third-order valence-corrected chi connectivity index (χ3v) is 7.01. The number of anilines is 1. The SMILES string of the molecule is Cc1cc(C)nc(SCc2nnc(SCC(=O)Nc3cc(C(F)(F)F)ccc3Cl)n2-c2ccccc2)n1. The summed E-state index contributed by atoms with van der Waals surface area (Å²) in [6.07, 6.45) is -4.55. The molecule has 1 N–H and O–H groups in total. The fraction of sp³-hybridized carbons (Fsp3) is 0.208. The average molecular weight is 565 g/mol. The maximum absolute atomic E-state index is 13.0. The Morgan fingerprint density at radius 2 is 1.70 bits per heavy atom. The van der Waals surface area contributed by atoms with Crippen molar-refractivity contribution in [2.75, 3.05) is 11.1 Å². The molecular weight excluding hydrogens is 545 g/mol. The lowest BCUT2D eigenvalue weighted by molar-refractivity contribution is -0.137. The van der Waals surface area contributed by atoms with Crippen molar-refractivity contribution < 1.29 is 18.0 Å². The summed E-state index contributed by atoms with van der Waals surface area (Å²) in [6, 6.07) is 14.1. The maximum atomic E-state index is 13.0. The number of carbonyl (C=O) groups excluding carboxylic acids is 1. The van der Waals surface area contributed by atoms with Crippen LogP contribution in [0.5, 0.6) is 0 Å². The molecule has 4 rings (SSSR count). The zero-order valence-electron chi connectivity index (χ0n) is 19.6. The van der Waals surface area contributed by atoms with E-state index in [0.29, 0.717) is 21.9 Å². The van der Waals surface area contributed by atoms with Gasteiger partial charge in [-0.25, -0.2) is 9.97 Å². The standard InChI is InChI=1S/C24H20ClF3N6OS2/c1-14-10-15(2)30-22(29-14)36-12-20-32-33-23(34(20)17-6-4-3-5-7-17)37-13-21(35)31-19-11-16(24(26,27)28)8-9-18(19)25/h3-11H,12-13H2,1-2H3,(H,31,35). The second kappa shape index (κ2) is 11.5. The summed E-state index contributed by atoms with van der Waals surface area (Å²) in [7, 11) is 0. The van der Waals surface area contributed by atoms with Crippen LogP contribution in [-0.2, 0) is 16.7 Å². The van der Waals surface area contributed by atoms with Crippen LogP contribution in [0.4, 0.5) is 18.9 Å². The van der Waals surface area contributed by atoms with Gasteiger partial charge in [-0.2, -0.15) is 13.2 Å². The fourth-order valence-corrected chi connectivity index (χ4v) is 5.12. The largest absolute Gasteiger partial charge is 0.416 e. The molecule has 0 spiro atoms. The van der Waals surface area contributed by atoms with Crippen LogP contribution in [-0.4, -0.2) is 36.4 Å². The normalized spacial score (nSPS) is 11.5. The van der Waals surface area contributed by atoms with E-state index in [-0.39, 0.29) is 16.5 Å². The van der Waals surface area contributed by atoms with Gasteiger partial charge < -0.3 is 5.32 Å². The molecule has 0 atom stereocenters. The molecule has 0 saturated carbocycles. The van der Waals surface area contributed by atoms with Gasteiger partial charge in [0.1, 0.15) is 5.82 Å². The highest BCUT2D eigenvalue weighted by Crippen LogP contribution is 2.34. The molecule has 0 unspecified atom stereocenters. The molecule has 4 aromatic rings. The van der Waals surface area contributed by atoms with Crippen molar-refractivity contribution in [3.63, 3.8) is 0 Å². The number of carbonyl (C=O) groups is 1. The zero-order valence-corrected chi connectivity index (χ0v) is 22.0. The van der Waals surface area contributed by atoms with E-state index in [0.717, 1.165) is 47.0 Å². The van der Waals surface area contributed by atoms with Crippen LogP contribution in [0.15, 0.2) is 64.9 Å². The summed E-state index contributed by atoms with van der Waals surface area (Å²) < 4.78 is 40.9. The smallest absolute Gasteiger partial charge is 0.324 e. The van der Waals surface area contributed by atoms with Crippen LogP contribution in [0.2, 0.25) is 5.02 Å². The maximum Gasteiger partial charge on any atom is 0.416 e. The molecule has 13 heteroatoms. The van der Waals surface area contributed by atoms with Crippen molar-refractivity contribution in [1.82, 2.24) is 24.7 Å². The van der Waals surface area contributed by atoms with Crippen molar-refractivity contribution >= 4 is 46.7 Å². The molecule has 0 aliphatic carbocycles. The van der Waals surface area contributed by atoms with Crippen molar-refractivity contribution in [2.45, 2.75) is 36.1 Å². The predicted molar refractivity (Wildman–Crippen MR) is 138 cm³/mol. The molecule has 7 nitrogen and oxygen atoms in total. The fourth-order valence-electron chi connectivity index (χ4n) is 3.32. The molecule has 37 heavy (non-hydrogen) atoms. The van der Waals surface area contributed by atoms with E-state index in [1.807, 2.05) is 54.8 Å². The van der Waals surface area contributed by atoms with Gasteiger partial charge in [0.25, 0.3) is 0 Å². The number of thioether (sulfide) groups is 2. The second-order valence-corrected chi connectivity index (χ2v) is 10.1. The summed E-state index contributed by atoms with van der Waals surface area (Å²) in [5.74, 6) is 0.401. The number of halogens is 4. The number of aromatic nitrogens is 5. The Morgan fingerprint density at radius 3 is 2.38 bits per heavy atom. The average Bonchev–Trinajstić information content (AvgIpc) is 3.25. The highest BCUT2D eigenvalue weighted by Gasteiger charge is 2.31. The molecule has 192 valence electrons. The Morgan fingerprint density at radius 1 is 1.00 bits per heavy atom. The lowest BCUT2D eigenvalue weighted by Crippen LogP contribution is -2.16. The summed E-state index contributed by atoms with van der Waals surface area (Å²) in [6.45, 7) is 3.80. The van der Waals surface area contributed by atoms with Gasteiger partial charge >= 0.3 is 6.18 Å². The lowest BCUT2D eigenvalue weighted by Gasteiger charge is -2.12. The molecule has 0 aliphatic rings. The topological polar surface area (TPSA) is 85.6 Å². The van der Waals surface area contributed by atoms with Gasteiger partial charge in [-0.1, -0.05) is 53.3 Å². The van der Waals surface area contributed by atoms with E-state index in [2.05, 4.69) is 25.5 Å². The predicted octanol–water partition coefficient (Wildman–Crippen LogP) is 6.37. The van der Waals surface area contributed by atoms with Gasteiger partial charge in [-0.15, -0.1) is 10.2 Å². The minimum absolute atomic E-state index is 0.00622. The molecule has 0 saturated heterocycles. The highest BCUT2D eigenvalue weighted by molar-refractivity contribution is 7.99. The molecule has 2 aromatic carbocycles. The quantitative estimate of drug-likeness (QED) is 0.197. The van der Waals surface area contributed by atoms with Gasteiger partial charge in [0.05, 0.1) is 27.8 Å². The van der Waals surface area contributed by atoms with Crippen molar-refractivity contribution in [3.05, 3.63) is 82.4 Å². The van der Waals surface area contributed by atoms with E-state index in [1.54, 1.807) is 0 Å². The Labute approximate surface area is 224 Å². The first-order valence-corrected chi connectivity index (χ1v) is 13.2. The molecule has 1 amide bonds. The number of benzene rings is 2. The summed E-state index contributed by atoms with van der Waals surface area (Å²) in [5, 5.41) is 12.1. The molecular formula is C24H20ClF3N6OS2. The number of amides is 1. The summed E-state index contributed by atoms with van der Waals surface area (Å²) in [5.41, 5.74) is 1.51. The summed E-state index contributed by atoms with van der Waals surface area (Å²) in [4.78, 5) is 21.5. The molecule has 0 radical (unpaired) electrons. The number of hydrogen-bond donors (Lipinski definition) is 1. The first-order chi connectivity index (χ1) is 17.6. The minimum atomic E-state index is -4.55. The van der Waals surface area contributed by atoms with Crippen LogP contribution >= 0.6 is 35.1 Å². The molecule has 2 heterocycles. The lowest BCUT2D eigenvalue weighted by atomic mass is 10.2. The first-order valence-electron chi connectivity index (χ1n) is 10.8. The Balaban J connectivity index is 1.50. The van der Waals surface area contributed by atoms with Gasteiger partial charge in [-0.05, 0) is 50.2 Å². The third-order valence-electron chi connectivity index (χ3n) is 4.91. The van der Waals surface area contributed by atoms with Gasteiger partial charge in [0.2, 0.25) is 5.91 Å². The monoisotopic (exact) mass is 564 g/mol. The van der Waals surface area contributed by atoms with Crippen LogP contribution < -0.4 is 5.32 Å². The van der Waals surface area contributed by atoms with Crippen LogP contribution in [0.1, 0.15) is 22.8 Å². The minimum Gasteiger partial charge on any atom is -0.324 e. The number of nitrogens with zero attached hydrogens (tertiary/aromatic N) is 5. The molecule has 0 bridgehead atoms. The summed E-state index contributed by atoms with van der Waals surface area (Å²) >= 11 is 8.51. The van der Waals surface area contributed by atoms with E-state index in [1.165, 1.54) is 11.8 Å².